The van der Waals surface area contributed by atoms with Gasteiger partial charge in [-0.2, -0.15) is 8.42 Å². The third-order valence-electron chi connectivity index (χ3n) is 23.4. The molecule has 10 aliphatic rings. The highest BCUT2D eigenvalue weighted by molar-refractivity contribution is 7.80. The van der Waals surface area contributed by atoms with E-state index in [0.717, 1.165) is 41.5 Å². The summed E-state index contributed by atoms with van der Waals surface area (Å²) in [6.07, 6.45) is -95.4. The van der Waals surface area contributed by atoms with Gasteiger partial charge < -0.3 is 244 Å². The van der Waals surface area contributed by atoms with E-state index in [1.54, 1.807) is 0 Å². The predicted molar refractivity (Wildman–Crippen MR) is 408 cm³/mol. The molecule has 60 heteroatoms. The van der Waals surface area contributed by atoms with Gasteiger partial charge in [0.05, 0.1) is 65.6 Å². The van der Waals surface area contributed by atoms with Gasteiger partial charge in [-0.05, 0) is 6.92 Å². The summed E-state index contributed by atoms with van der Waals surface area (Å²) < 4.78 is 153. The van der Waals surface area contributed by atoms with Gasteiger partial charge in [0.15, 0.2) is 62.9 Å². The van der Waals surface area contributed by atoms with E-state index in [9.17, 15) is 164 Å². The topological polar surface area (TPSA) is 899 Å². The molecule has 0 bridgehead atoms. The second-order valence-corrected chi connectivity index (χ2v) is 34.1. The van der Waals surface area contributed by atoms with E-state index < -0.39 is 412 Å². The number of hydrogen-bond donors (Lipinski definition) is 31. The highest BCUT2D eigenvalue weighted by atomic mass is 32.3. The molecule has 0 unspecified atom stereocenters. The van der Waals surface area contributed by atoms with Gasteiger partial charge in [-0.25, -0.2) is 4.18 Å². The first-order chi connectivity index (χ1) is 62.1. The van der Waals surface area contributed by atoms with E-state index in [0.29, 0.717) is 0 Å². The van der Waals surface area contributed by atoms with Crippen LogP contribution in [0.3, 0.4) is 0 Å². The Labute approximate surface area is 748 Å². The minimum absolute atomic E-state index is 0.841. The minimum atomic E-state index is -5.45. The van der Waals surface area contributed by atoms with Crippen molar-refractivity contribution in [3.8, 4) is 0 Å². The van der Waals surface area contributed by atoms with Crippen LogP contribution in [0.4, 0.5) is 0 Å². The lowest BCUT2D eigenvalue weighted by atomic mass is 9.93. The SMILES string of the molecule is CC(=O)N[C@@H]1[C@@H](O)[C@H](O[C@@H]2O[C@H](CO)[C@@H](O[C@@H]3O[C@H](CO[C@H]4O[C@H](CO[C@@H]5O[C@H](CO)[C@@H](O)[C@H](O)[C@H]5NC(C)=O)[C@@H](O)[C@H](O)[C@@H]4O[C@@H]4O[C@H](CO)[C@@H](O)[C@H](O)[C@H]4NC(C)=O)[C@@H](O)[C@H](O[C@H]4O[C@H](CO)[C@@H](O[C@@H]5O[C@H](CO)[C@@H](O)[C@H](O)[C@H]5NC(C)=O)[C@H](O)[C@@H]4O[C@@H]4O[C@H](COS(=O)(=O)O)[C@@H](O)[C@H](O)[C@H]4NC(C)=O)[C@@H]3O)[C@H](O)[C@H]2NC(C)=O)[C@@H](CO[C@@H]2O[C@@H](C)[C@@H](O)[C@@H](O)[C@@H]2O)O[C@H]1O. The quantitative estimate of drug-likeness (QED) is 0.0262. The molecule has 59 nitrogen and oxygen atoms in total. The molecule has 762 valence electrons. The summed E-state index contributed by atoms with van der Waals surface area (Å²) in [5, 5.41) is 288. The molecule has 0 saturated carbocycles. The molecule has 0 aliphatic carbocycles. The summed E-state index contributed by atoms with van der Waals surface area (Å²) in [4.78, 5) is 76.9. The minimum Gasteiger partial charge on any atom is -0.394 e. The van der Waals surface area contributed by atoms with Gasteiger partial charge in [-0.1, -0.05) is 0 Å². The Hall–Kier alpha value is -5.03. The number of amides is 6. The van der Waals surface area contributed by atoms with Crippen LogP contribution >= 0.6 is 0 Å². The molecular weight excluding hydrogens is 1830 g/mol. The highest BCUT2D eigenvalue weighted by Gasteiger charge is 2.62. The van der Waals surface area contributed by atoms with E-state index in [4.69, 9.17) is 90.0 Å². The Kier molecular flexibility index (Phi) is 39.0. The van der Waals surface area contributed by atoms with Crippen molar-refractivity contribution in [3.05, 3.63) is 0 Å². The van der Waals surface area contributed by atoms with Crippen molar-refractivity contribution in [2.75, 3.05) is 59.5 Å². The lowest BCUT2D eigenvalue weighted by Gasteiger charge is -2.52. The Morgan fingerprint density at radius 2 is 0.545 bits per heavy atom. The largest absolute Gasteiger partial charge is 0.397 e. The van der Waals surface area contributed by atoms with Gasteiger partial charge in [0.2, 0.25) is 35.4 Å². The van der Waals surface area contributed by atoms with Gasteiger partial charge in [-0.3, -0.25) is 33.3 Å². The summed E-state index contributed by atoms with van der Waals surface area (Å²) in [7, 11) is -5.45. The third kappa shape index (κ3) is 25.6. The van der Waals surface area contributed by atoms with Crippen LogP contribution in [-0.2, 0) is 133 Å². The van der Waals surface area contributed by atoms with Crippen molar-refractivity contribution >= 4 is 45.8 Å². The number of aliphatic hydroxyl groups excluding tert-OH is 24. The van der Waals surface area contributed by atoms with E-state index >= 15 is 0 Å². The first-order valence-electron chi connectivity index (χ1n) is 41.6. The van der Waals surface area contributed by atoms with E-state index in [-0.39, 0.29) is 0 Å². The Morgan fingerprint density at radius 3 is 0.992 bits per heavy atom. The van der Waals surface area contributed by atoms with Gasteiger partial charge in [0.25, 0.3) is 0 Å². The zero-order valence-corrected chi connectivity index (χ0v) is 72.1. The van der Waals surface area contributed by atoms with Crippen LogP contribution in [0.15, 0.2) is 0 Å². The van der Waals surface area contributed by atoms with Crippen molar-refractivity contribution in [2.45, 2.75) is 355 Å². The molecular formula is C72H120N6O53S. The van der Waals surface area contributed by atoms with Crippen LogP contribution in [-0.4, -0.2) is 537 Å². The molecule has 132 heavy (non-hydrogen) atoms. The number of ether oxygens (including phenoxy) is 19. The molecule has 0 aromatic carbocycles. The molecule has 10 rings (SSSR count). The summed E-state index contributed by atoms with van der Waals surface area (Å²) in [6, 6.07) is -11.5. The zero-order valence-electron chi connectivity index (χ0n) is 71.3. The average molecular weight is 1950 g/mol. The first-order valence-corrected chi connectivity index (χ1v) is 43.0. The fourth-order valence-electron chi connectivity index (χ4n) is 16.6. The maximum absolute atomic E-state index is 13.4. The van der Waals surface area contributed by atoms with Crippen LogP contribution in [0, 0.1) is 0 Å². The van der Waals surface area contributed by atoms with Crippen molar-refractivity contribution in [1.82, 2.24) is 31.9 Å². The number of carbonyl (C=O) groups excluding carboxylic acids is 6. The van der Waals surface area contributed by atoms with Gasteiger partial charge in [0, 0.05) is 41.5 Å². The Balaban J connectivity index is 1.07. The molecule has 10 fully saturated rings. The van der Waals surface area contributed by atoms with Crippen LogP contribution in [0.1, 0.15) is 48.5 Å². The predicted octanol–water partition coefficient (Wildman–Crippen LogP) is -21.1. The second-order valence-electron chi connectivity index (χ2n) is 33.0. The van der Waals surface area contributed by atoms with E-state index in [1.807, 2.05) is 0 Å². The average Bonchev–Trinajstić information content (AvgIpc) is 0.754. The molecule has 10 heterocycles. The van der Waals surface area contributed by atoms with Crippen LogP contribution in [0.25, 0.3) is 0 Å². The Morgan fingerprint density at radius 1 is 0.250 bits per heavy atom. The molecule has 0 aromatic rings. The molecule has 0 aromatic heterocycles. The number of nitrogens with one attached hydrogen (secondary N) is 6. The fourth-order valence-corrected chi connectivity index (χ4v) is 16.9. The lowest BCUT2D eigenvalue weighted by molar-refractivity contribution is -0.403. The van der Waals surface area contributed by atoms with Gasteiger partial charge in [0.1, 0.15) is 238 Å². The monoisotopic (exact) mass is 1950 g/mol. The number of hydrogen-bond acceptors (Lipinski definition) is 52. The maximum Gasteiger partial charge on any atom is 0.397 e. The van der Waals surface area contributed by atoms with Crippen LogP contribution < -0.4 is 31.9 Å². The zero-order chi connectivity index (χ0) is 97.6. The van der Waals surface area contributed by atoms with Crippen molar-refractivity contribution < 1.29 is 258 Å². The second kappa shape index (κ2) is 47.3. The standard InChI is InChI=1S/C72H120N6O53S/c1-17-39(90)52(103)54(105)69(116-17)113-15-32-59(50(101)33(63(108)117-32)73-18(2)84)127-68-38(78-23(7)89)51(102)57(27(11-82)121-68)128-70-56(107)60(129-72-62(131-67-37(77-22(6)88)49(100)43(94)31(123-67)16-115-132(109,110)111)55(106)58(28(12-83)122-72)126-65-35(75-20(4)86)47(98)41(92)25(9-80)119-65)45(96)30(124-70)14-114-71-61(130-66-36(76-21(5)87)48(99)42(93)26(10-81)120-66)53(104)44(95)29(125-71)13-112-64-34(74-19(3)85)46(97)40(91)24(8-79)118-64/h17,24-72,79-83,90-108H,8-16H2,1-7H3,(H,73,84)(H,74,85)(H,75,86)(H,76,87)(H,77,88)(H,78,89)(H,109,110,111)/t17-,24+,25+,26+,27+,28+,29+,30+,31+,32+,33+,34+,35+,36+,37+,38+,39+,40+,41+,42+,43+,44+,45+,46+,47+,48+,49+,50+,51+,52+,53-,54-,55-,56-,57+,58+,59+,60-,61-,62-,63+,64+,65-,66-,67-,68-,69+,70-,71-,72+/m0/s1. The number of carbonyl (C=O) groups is 6. The number of aliphatic hydroxyl groups is 24. The molecule has 10 saturated heterocycles. The normalized spacial score (nSPS) is 46.8. The first kappa shape index (κ1) is 109. The summed E-state index contributed by atoms with van der Waals surface area (Å²) >= 11 is 0. The molecule has 50 atom stereocenters. The molecule has 0 spiro atoms. The molecule has 6 amide bonds. The fraction of sp³-hybridized carbons (Fsp3) is 0.917. The lowest BCUT2D eigenvalue weighted by Crippen LogP contribution is -2.71. The van der Waals surface area contributed by atoms with Gasteiger partial charge in [-0.15, -0.1) is 0 Å². The van der Waals surface area contributed by atoms with Crippen LogP contribution in [0.2, 0.25) is 0 Å². The van der Waals surface area contributed by atoms with Crippen molar-refractivity contribution in [3.63, 3.8) is 0 Å². The summed E-state index contributed by atoms with van der Waals surface area (Å²) in [5.41, 5.74) is 0. The molecule has 10 aliphatic heterocycles. The molecule has 0 radical (unpaired) electrons. The number of rotatable bonds is 35. The van der Waals surface area contributed by atoms with Crippen molar-refractivity contribution in [2.24, 2.45) is 0 Å². The van der Waals surface area contributed by atoms with Crippen LogP contribution in [0.5, 0.6) is 0 Å². The smallest absolute Gasteiger partial charge is 0.394 e. The van der Waals surface area contributed by atoms with E-state index in [1.165, 1.54) is 6.92 Å². The highest BCUT2D eigenvalue weighted by Crippen LogP contribution is 2.41. The van der Waals surface area contributed by atoms with Crippen molar-refractivity contribution in [1.29, 1.82) is 0 Å². The maximum atomic E-state index is 13.4. The summed E-state index contributed by atoms with van der Waals surface area (Å²) in [6.45, 7) is -3.71. The summed E-state index contributed by atoms with van der Waals surface area (Å²) in [5.74, 6) is -5.69. The Bertz CT molecular complexity index is 3840. The molecule has 31 N–H and O–H groups in total. The van der Waals surface area contributed by atoms with E-state index in [2.05, 4.69) is 36.1 Å². The third-order valence-corrected chi connectivity index (χ3v) is 23.8. The van der Waals surface area contributed by atoms with Gasteiger partial charge >= 0.3 is 10.4 Å².